The molecule has 4 rings (SSSR count). The SMILES string of the molecule is Cc1cc2c(c3c(C)cc(=O)[nH]c13)C(=O)C(CN1CCN(C)CC1)CC2. The normalized spacial score (nSPS) is 22.0. The van der Waals surface area contributed by atoms with Crippen molar-refractivity contribution in [2.75, 3.05) is 39.8 Å². The van der Waals surface area contributed by atoms with Crippen LogP contribution in [0.3, 0.4) is 0 Å². The van der Waals surface area contributed by atoms with Gasteiger partial charge in [0, 0.05) is 55.7 Å². The van der Waals surface area contributed by atoms with Gasteiger partial charge in [-0.05, 0) is 50.4 Å². The molecule has 1 aromatic heterocycles. The number of hydrogen-bond donors (Lipinski definition) is 1. The van der Waals surface area contributed by atoms with Crippen LogP contribution in [0.1, 0.15) is 33.5 Å². The number of nitrogens with zero attached hydrogens (tertiary/aromatic N) is 2. The van der Waals surface area contributed by atoms with E-state index in [-0.39, 0.29) is 17.3 Å². The zero-order valence-electron chi connectivity index (χ0n) is 15.9. The molecule has 138 valence electrons. The standard InChI is InChI=1S/C21H27N3O2/c1-13-11-17(25)22-20-14(2)10-15-4-5-16(21(26)19(15)18(13)20)12-24-8-6-23(3)7-9-24/h10-11,16H,4-9,12H2,1-3H3,(H,22,25). The van der Waals surface area contributed by atoms with Crippen molar-refractivity contribution in [3.05, 3.63) is 44.7 Å². The number of H-pyrrole nitrogens is 1. The summed E-state index contributed by atoms with van der Waals surface area (Å²) in [5.74, 6) is 0.313. The molecule has 1 saturated heterocycles. The second kappa shape index (κ2) is 6.63. The first kappa shape index (κ1) is 17.4. The highest BCUT2D eigenvalue weighted by molar-refractivity contribution is 6.12. The lowest BCUT2D eigenvalue weighted by Crippen LogP contribution is -2.47. The van der Waals surface area contributed by atoms with Gasteiger partial charge in [0.15, 0.2) is 5.78 Å². The van der Waals surface area contributed by atoms with Gasteiger partial charge in [-0.15, -0.1) is 0 Å². The summed E-state index contributed by atoms with van der Waals surface area (Å²) in [5.41, 5.74) is 4.66. The van der Waals surface area contributed by atoms with E-state index >= 15 is 0 Å². The third-order valence-electron chi connectivity index (χ3n) is 6.05. The molecular formula is C21H27N3O2. The lowest BCUT2D eigenvalue weighted by molar-refractivity contribution is 0.0814. The molecule has 1 aromatic carbocycles. The fraction of sp³-hybridized carbons (Fsp3) is 0.524. The molecular weight excluding hydrogens is 326 g/mol. The van der Waals surface area contributed by atoms with Crippen LogP contribution in [-0.4, -0.2) is 60.3 Å². The number of carbonyl (C=O) groups is 1. The molecule has 5 heteroatoms. The average molecular weight is 353 g/mol. The minimum atomic E-state index is -0.102. The smallest absolute Gasteiger partial charge is 0.248 e. The summed E-state index contributed by atoms with van der Waals surface area (Å²) in [7, 11) is 2.15. The summed E-state index contributed by atoms with van der Waals surface area (Å²) in [6.45, 7) is 9.01. The minimum Gasteiger partial charge on any atom is -0.322 e. The molecule has 1 atom stereocenters. The number of likely N-dealkylation sites (N-methyl/N-ethyl adjacent to an activating group) is 1. The van der Waals surface area contributed by atoms with E-state index in [4.69, 9.17) is 0 Å². The Morgan fingerprint density at radius 1 is 1.08 bits per heavy atom. The maximum Gasteiger partial charge on any atom is 0.248 e. The van der Waals surface area contributed by atoms with Gasteiger partial charge in [-0.3, -0.25) is 9.59 Å². The summed E-state index contributed by atoms with van der Waals surface area (Å²) in [6.07, 6.45) is 1.86. The largest absolute Gasteiger partial charge is 0.322 e. The second-order valence-electron chi connectivity index (χ2n) is 8.00. The van der Waals surface area contributed by atoms with Crippen molar-refractivity contribution < 1.29 is 4.79 Å². The van der Waals surface area contributed by atoms with Crippen LogP contribution in [0.5, 0.6) is 0 Å². The van der Waals surface area contributed by atoms with Crippen molar-refractivity contribution >= 4 is 16.7 Å². The monoisotopic (exact) mass is 353 g/mol. The van der Waals surface area contributed by atoms with E-state index in [1.165, 1.54) is 0 Å². The number of fused-ring (bicyclic) bond motifs is 3. The van der Waals surface area contributed by atoms with Gasteiger partial charge in [0.05, 0.1) is 5.52 Å². The second-order valence-corrected chi connectivity index (χ2v) is 8.00. The zero-order valence-corrected chi connectivity index (χ0v) is 15.9. The van der Waals surface area contributed by atoms with E-state index in [1.54, 1.807) is 6.07 Å². The Balaban J connectivity index is 1.71. The van der Waals surface area contributed by atoms with Crippen LogP contribution < -0.4 is 5.56 Å². The number of Topliss-reactive ketones (excluding diaryl/α,β-unsaturated/α-hetero) is 1. The molecule has 1 aliphatic carbocycles. The number of aromatic nitrogens is 1. The maximum absolute atomic E-state index is 13.4. The Kier molecular flexibility index (Phi) is 4.45. The summed E-state index contributed by atoms with van der Waals surface area (Å²) in [5, 5.41) is 0.952. The number of hydrogen-bond acceptors (Lipinski definition) is 4. The van der Waals surface area contributed by atoms with E-state index in [0.29, 0.717) is 0 Å². The molecule has 0 radical (unpaired) electrons. The molecule has 0 spiro atoms. The first-order valence-electron chi connectivity index (χ1n) is 9.55. The van der Waals surface area contributed by atoms with Gasteiger partial charge in [-0.2, -0.15) is 0 Å². The predicted molar refractivity (Wildman–Crippen MR) is 104 cm³/mol. The number of nitrogens with one attached hydrogen (secondary N) is 1. The number of aromatic amines is 1. The van der Waals surface area contributed by atoms with Crippen molar-refractivity contribution in [1.82, 2.24) is 14.8 Å². The average Bonchev–Trinajstić information content (AvgIpc) is 2.59. The van der Waals surface area contributed by atoms with E-state index in [0.717, 1.165) is 78.7 Å². The molecule has 2 heterocycles. The van der Waals surface area contributed by atoms with E-state index < -0.39 is 0 Å². The lowest BCUT2D eigenvalue weighted by Gasteiger charge is -2.35. The van der Waals surface area contributed by atoms with Crippen molar-refractivity contribution in [3.63, 3.8) is 0 Å². The predicted octanol–water partition coefficient (Wildman–Crippen LogP) is 2.14. The molecule has 1 unspecified atom stereocenters. The number of rotatable bonds is 2. The quantitative estimate of drug-likeness (QED) is 0.899. The Labute approximate surface area is 154 Å². The van der Waals surface area contributed by atoms with Gasteiger partial charge in [-0.25, -0.2) is 0 Å². The number of benzene rings is 1. The maximum atomic E-state index is 13.4. The third kappa shape index (κ3) is 2.99. The lowest BCUT2D eigenvalue weighted by atomic mass is 9.79. The summed E-state index contributed by atoms with van der Waals surface area (Å²) in [6, 6.07) is 3.70. The molecule has 0 saturated carbocycles. The van der Waals surface area contributed by atoms with E-state index in [1.807, 2.05) is 13.8 Å². The number of pyridine rings is 1. The summed E-state index contributed by atoms with van der Waals surface area (Å²) < 4.78 is 0. The van der Waals surface area contributed by atoms with Gasteiger partial charge >= 0.3 is 0 Å². The van der Waals surface area contributed by atoms with Crippen molar-refractivity contribution in [1.29, 1.82) is 0 Å². The van der Waals surface area contributed by atoms with Crippen molar-refractivity contribution in [2.45, 2.75) is 26.7 Å². The molecule has 0 amide bonds. The van der Waals surface area contributed by atoms with Gasteiger partial charge < -0.3 is 14.8 Å². The molecule has 1 aliphatic heterocycles. The van der Waals surface area contributed by atoms with E-state index in [9.17, 15) is 9.59 Å². The van der Waals surface area contributed by atoms with Gasteiger partial charge in [0.2, 0.25) is 5.56 Å². The zero-order chi connectivity index (χ0) is 18.4. The summed E-state index contributed by atoms with van der Waals surface area (Å²) in [4.78, 5) is 33.0. The first-order valence-corrected chi connectivity index (χ1v) is 9.55. The Hall–Kier alpha value is -1.98. The summed E-state index contributed by atoms with van der Waals surface area (Å²) >= 11 is 0. The fourth-order valence-electron chi connectivity index (χ4n) is 4.53. The Morgan fingerprint density at radius 3 is 2.54 bits per heavy atom. The van der Waals surface area contributed by atoms with Gasteiger partial charge in [0.25, 0.3) is 0 Å². The Bertz CT molecular complexity index is 923. The van der Waals surface area contributed by atoms with E-state index in [2.05, 4.69) is 27.9 Å². The van der Waals surface area contributed by atoms with Gasteiger partial charge in [0.1, 0.15) is 0 Å². The number of ketones is 1. The number of piperazine rings is 1. The highest BCUT2D eigenvalue weighted by Gasteiger charge is 2.32. The molecule has 2 aliphatic rings. The topological polar surface area (TPSA) is 56.4 Å². The first-order chi connectivity index (χ1) is 12.4. The van der Waals surface area contributed by atoms with Crippen molar-refractivity contribution in [2.24, 2.45) is 5.92 Å². The molecule has 0 bridgehead atoms. The minimum absolute atomic E-state index is 0.0585. The van der Waals surface area contributed by atoms with Crippen LogP contribution in [-0.2, 0) is 6.42 Å². The van der Waals surface area contributed by atoms with Crippen LogP contribution in [0.4, 0.5) is 0 Å². The fourth-order valence-corrected chi connectivity index (χ4v) is 4.53. The number of carbonyl (C=O) groups excluding carboxylic acids is 1. The van der Waals surface area contributed by atoms with Gasteiger partial charge in [-0.1, -0.05) is 6.07 Å². The van der Waals surface area contributed by atoms with Crippen LogP contribution >= 0.6 is 0 Å². The van der Waals surface area contributed by atoms with Crippen LogP contribution in [0.25, 0.3) is 10.9 Å². The molecule has 2 aromatic rings. The van der Waals surface area contributed by atoms with Crippen LogP contribution in [0.15, 0.2) is 16.9 Å². The number of aryl methyl sites for hydroxylation is 3. The van der Waals surface area contributed by atoms with Crippen molar-refractivity contribution in [3.8, 4) is 0 Å². The molecule has 5 nitrogen and oxygen atoms in total. The van der Waals surface area contributed by atoms with Crippen LogP contribution in [0.2, 0.25) is 0 Å². The molecule has 26 heavy (non-hydrogen) atoms. The Morgan fingerprint density at radius 2 is 1.81 bits per heavy atom. The third-order valence-corrected chi connectivity index (χ3v) is 6.05. The highest BCUT2D eigenvalue weighted by Crippen LogP contribution is 2.34. The van der Waals surface area contributed by atoms with Crippen LogP contribution in [0, 0.1) is 19.8 Å². The molecule has 1 N–H and O–H groups in total. The molecule has 1 fully saturated rings. The highest BCUT2D eigenvalue weighted by atomic mass is 16.1.